The lowest BCUT2D eigenvalue weighted by Crippen LogP contribution is -2.41. The third-order valence-corrected chi connectivity index (χ3v) is 4.87. The fourth-order valence-corrected chi connectivity index (χ4v) is 3.62. The van der Waals surface area contributed by atoms with Gasteiger partial charge in [-0.2, -0.15) is 0 Å². The number of likely N-dealkylation sites (tertiary alicyclic amines) is 1. The predicted molar refractivity (Wildman–Crippen MR) is 94.5 cm³/mol. The van der Waals surface area contributed by atoms with Gasteiger partial charge in [0.15, 0.2) is 0 Å². The Morgan fingerprint density at radius 3 is 3.00 bits per heavy atom. The van der Waals surface area contributed by atoms with Gasteiger partial charge in [-0.15, -0.1) is 0 Å². The number of carbonyl (C=O) groups excluding carboxylic acids is 1. The SMILES string of the molecule is Cc1cc2ccccc2n1CCCNC(=O)C1CCCN(C)C1. The molecule has 1 unspecified atom stereocenters. The largest absolute Gasteiger partial charge is 0.356 e. The van der Waals surface area contributed by atoms with E-state index in [1.54, 1.807) is 0 Å². The molecule has 2 aromatic rings. The van der Waals surface area contributed by atoms with Gasteiger partial charge < -0.3 is 14.8 Å². The van der Waals surface area contributed by atoms with E-state index in [0.717, 1.165) is 45.4 Å². The number of nitrogens with zero attached hydrogens (tertiary/aromatic N) is 2. The van der Waals surface area contributed by atoms with Crippen molar-refractivity contribution in [2.75, 3.05) is 26.7 Å². The molecule has 2 heterocycles. The average molecular weight is 313 g/mol. The zero-order chi connectivity index (χ0) is 16.2. The molecule has 0 saturated carbocycles. The van der Waals surface area contributed by atoms with E-state index in [9.17, 15) is 4.79 Å². The highest BCUT2D eigenvalue weighted by molar-refractivity contribution is 5.81. The predicted octanol–water partition coefficient (Wildman–Crippen LogP) is 2.80. The van der Waals surface area contributed by atoms with Crippen molar-refractivity contribution in [3.05, 3.63) is 36.0 Å². The maximum Gasteiger partial charge on any atom is 0.224 e. The number of piperidine rings is 1. The highest BCUT2D eigenvalue weighted by Crippen LogP contribution is 2.19. The number of aromatic nitrogens is 1. The summed E-state index contributed by atoms with van der Waals surface area (Å²) in [4.78, 5) is 14.5. The summed E-state index contributed by atoms with van der Waals surface area (Å²) >= 11 is 0. The third kappa shape index (κ3) is 3.75. The van der Waals surface area contributed by atoms with Crippen LogP contribution in [0.3, 0.4) is 0 Å². The van der Waals surface area contributed by atoms with Crippen molar-refractivity contribution < 1.29 is 4.79 Å². The van der Waals surface area contributed by atoms with Crippen LogP contribution in [0.15, 0.2) is 30.3 Å². The van der Waals surface area contributed by atoms with Crippen molar-refractivity contribution in [3.8, 4) is 0 Å². The van der Waals surface area contributed by atoms with Crippen LogP contribution >= 0.6 is 0 Å². The van der Waals surface area contributed by atoms with E-state index < -0.39 is 0 Å². The Hall–Kier alpha value is -1.81. The first kappa shape index (κ1) is 16.1. The molecule has 1 aromatic carbocycles. The average Bonchev–Trinajstić information content (AvgIpc) is 2.87. The van der Waals surface area contributed by atoms with Crippen LogP contribution in [0, 0.1) is 12.8 Å². The van der Waals surface area contributed by atoms with Crippen LogP contribution in [0.5, 0.6) is 0 Å². The van der Waals surface area contributed by atoms with Crippen LogP contribution < -0.4 is 5.32 Å². The number of hydrogen-bond acceptors (Lipinski definition) is 2. The minimum absolute atomic E-state index is 0.169. The molecule has 0 spiro atoms. The quantitative estimate of drug-likeness (QED) is 0.862. The lowest BCUT2D eigenvalue weighted by Gasteiger charge is -2.28. The van der Waals surface area contributed by atoms with Gasteiger partial charge in [-0.05, 0) is 57.3 Å². The summed E-state index contributed by atoms with van der Waals surface area (Å²) in [6, 6.07) is 10.7. The molecule has 0 radical (unpaired) electrons. The van der Waals surface area contributed by atoms with Crippen LogP contribution in [-0.2, 0) is 11.3 Å². The molecule has 1 fully saturated rings. The highest BCUT2D eigenvalue weighted by atomic mass is 16.1. The second-order valence-electron chi connectivity index (χ2n) is 6.74. The third-order valence-electron chi connectivity index (χ3n) is 4.87. The molecule has 124 valence electrons. The Morgan fingerprint density at radius 2 is 2.17 bits per heavy atom. The number of benzene rings is 1. The molecule has 4 heteroatoms. The minimum Gasteiger partial charge on any atom is -0.356 e. The molecule has 23 heavy (non-hydrogen) atoms. The Balaban J connectivity index is 1.49. The van der Waals surface area contributed by atoms with Gasteiger partial charge in [0, 0.05) is 30.8 Å². The van der Waals surface area contributed by atoms with Gasteiger partial charge in [0.2, 0.25) is 5.91 Å². The lowest BCUT2D eigenvalue weighted by molar-refractivity contribution is -0.126. The van der Waals surface area contributed by atoms with E-state index in [4.69, 9.17) is 0 Å². The van der Waals surface area contributed by atoms with Crippen molar-refractivity contribution in [1.82, 2.24) is 14.8 Å². The summed E-state index contributed by atoms with van der Waals surface area (Å²) < 4.78 is 2.34. The van der Waals surface area contributed by atoms with Crippen molar-refractivity contribution >= 4 is 16.8 Å². The summed E-state index contributed by atoms with van der Waals surface area (Å²) in [6.45, 7) is 5.86. The Labute approximate surface area is 138 Å². The second-order valence-corrected chi connectivity index (χ2v) is 6.74. The number of nitrogens with one attached hydrogen (secondary N) is 1. The molecule has 1 atom stereocenters. The number of amides is 1. The van der Waals surface area contributed by atoms with Crippen LogP contribution in [0.1, 0.15) is 25.0 Å². The maximum atomic E-state index is 12.2. The van der Waals surface area contributed by atoms with Crippen LogP contribution in [-0.4, -0.2) is 42.1 Å². The van der Waals surface area contributed by atoms with E-state index in [1.807, 2.05) is 0 Å². The van der Waals surface area contributed by atoms with E-state index in [-0.39, 0.29) is 11.8 Å². The van der Waals surface area contributed by atoms with Gasteiger partial charge in [-0.1, -0.05) is 18.2 Å². The number of aryl methyl sites for hydroxylation is 2. The molecule has 1 N–H and O–H groups in total. The van der Waals surface area contributed by atoms with E-state index in [0.29, 0.717) is 0 Å². The Bertz CT molecular complexity index is 676. The number of carbonyl (C=O) groups is 1. The molecule has 1 saturated heterocycles. The van der Waals surface area contributed by atoms with Crippen LogP contribution in [0.25, 0.3) is 10.9 Å². The topological polar surface area (TPSA) is 37.3 Å². The van der Waals surface area contributed by atoms with Crippen molar-refractivity contribution in [3.63, 3.8) is 0 Å². The molecule has 1 amide bonds. The summed E-state index contributed by atoms with van der Waals surface area (Å²) in [5, 5.41) is 4.41. The number of rotatable bonds is 5. The van der Waals surface area contributed by atoms with Crippen LogP contribution in [0.4, 0.5) is 0 Å². The molecule has 1 aliphatic rings. The molecule has 3 rings (SSSR count). The second kappa shape index (κ2) is 7.18. The zero-order valence-electron chi connectivity index (χ0n) is 14.2. The van der Waals surface area contributed by atoms with Gasteiger partial charge in [0.25, 0.3) is 0 Å². The van der Waals surface area contributed by atoms with Gasteiger partial charge in [0.05, 0.1) is 5.92 Å². The van der Waals surface area contributed by atoms with Gasteiger partial charge in [0.1, 0.15) is 0 Å². The summed E-state index contributed by atoms with van der Waals surface area (Å²) in [5.74, 6) is 0.397. The Morgan fingerprint density at radius 1 is 1.35 bits per heavy atom. The molecule has 0 aliphatic carbocycles. The van der Waals surface area contributed by atoms with E-state index in [1.165, 1.54) is 16.6 Å². The smallest absolute Gasteiger partial charge is 0.224 e. The first-order valence-corrected chi connectivity index (χ1v) is 8.66. The normalized spacial score (nSPS) is 19.1. The minimum atomic E-state index is 0.169. The molecule has 0 bridgehead atoms. The van der Waals surface area contributed by atoms with Crippen molar-refractivity contribution in [2.45, 2.75) is 32.7 Å². The molecule has 1 aliphatic heterocycles. The summed E-state index contributed by atoms with van der Waals surface area (Å²) in [6.07, 6.45) is 3.12. The number of hydrogen-bond donors (Lipinski definition) is 1. The number of para-hydroxylation sites is 1. The van der Waals surface area contributed by atoms with E-state index >= 15 is 0 Å². The molecular weight excluding hydrogens is 286 g/mol. The first-order valence-electron chi connectivity index (χ1n) is 8.66. The van der Waals surface area contributed by atoms with Crippen molar-refractivity contribution in [1.29, 1.82) is 0 Å². The van der Waals surface area contributed by atoms with E-state index in [2.05, 4.69) is 59.1 Å². The highest BCUT2D eigenvalue weighted by Gasteiger charge is 2.23. The first-order chi connectivity index (χ1) is 11.1. The van der Waals surface area contributed by atoms with Gasteiger partial charge in [-0.25, -0.2) is 0 Å². The fraction of sp³-hybridized carbons (Fsp3) is 0.526. The number of fused-ring (bicyclic) bond motifs is 1. The van der Waals surface area contributed by atoms with Gasteiger partial charge >= 0.3 is 0 Å². The lowest BCUT2D eigenvalue weighted by atomic mass is 9.97. The summed E-state index contributed by atoms with van der Waals surface area (Å²) in [7, 11) is 2.10. The fourth-order valence-electron chi connectivity index (χ4n) is 3.62. The monoisotopic (exact) mass is 313 g/mol. The van der Waals surface area contributed by atoms with Crippen molar-refractivity contribution in [2.24, 2.45) is 5.92 Å². The summed E-state index contributed by atoms with van der Waals surface area (Å²) in [5.41, 5.74) is 2.57. The maximum absolute atomic E-state index is 12.2. The molecule has 1 aromatic heterocycles. The molecule has 4 nitrogen and oxygen atoms in total. The molecular formula is C19H27N3O. The zero-order valence-corrected chi connectivity index (χ0v) is 14.2. The standard InChI is InChI=1S/C19H27N3O/c1-15-13-16-7-3-4-9-18(16)22(15)12-6-10-20-19(23)17-8-5-11-21(2)14-17/h3-4,7,9,13,17H,5-6,8,10-12,14H2,1-2H3,(H,20,23). The Kier molecular flexibility index (Phi) is 5.01. The van der Waals surface area contributed by atoms with Gasteiger partial charge in [-0.3, -0.25) is 4.79 Å². The van der Waals surface area contributed by atoms with Crippen LogP contribution in [0.2, 0.25) is 0 Å².